The molecule has 1 aromatic rings. The lowest BCUT2D eigenvalue weighted by Gasteiger charge is -2.45. The summed E-state index contributed by atoms with van der Waals surface area (Å²) in [6, 6.07) is 3.97. The average molecular weight is 270 g/mol. The van der Waals surface area contributed by atoms with Crippen LogP contribution in [0.2, 0.25) is 0 Å². The fraction of sp³-hybridized carbons (Fsp3) is 0.615. The molecular weight excluding hydrogens is 247 g/mol. The van der Waals surface area contributed by atoms with E-state index >= 15 is 0 Å². The largest absolute Gasteiger partial charge is 0.355 e. The number of pyridine rings is 1. The molecule has 0 aliphatic rings. The number of nitrogens with zero attached hydrogens (tertiary/aromatic N) is 1. The summed E-state index contributed by atoms with van der Waals surface area (Å²) in [5.74, 6) is 0. The van der Waals surface area contributed by atoms with Gasteiger partial charge in [-0.25, -0.2) is 0 Å². The maximum absolute atomic E-state index is 6.03. The summed E-state index contributed by atoms with van der Waals surface area (Å²) in [5, 5.41) is 3.76. The third kappa shape index (κ3) is 3.08. The number of nitrogens with one attached hydrogen (secondary N) is 1. The van der Waals surface area contributed by atoms with Gasteiger partial charge in [-0.1, -0.05) is 53.3 Å². The molecule has 2 nitrogen and oxygen atoms in total. The molecule has 0 amide bonds. The lowest BCUT2D eigenvalue weighted by molar-refractivity contribution is 0.707. The number of anilines is 1. The van der Waals surface area contributed by atoms with Crippen LogP contribution in [0.15, 0.2) is 24.5 Å². The van der Waals surface area contributed by atoms with E-state index in [0.29, 0.717) is 0 Å². The summed E-state index contributed by atoms with van der Waals surface area (Å²) in [5.41, 5.74) is 1.03. The Hall–Kier alpha value is -0.400. The molecule has 0 atom stereocenters. The summed E-state index contributed by atoms with van der Waals surface area (Å²) < 4.78 is 0. The fourth-order valence-electron chi connectivity index (χ4n) is 1.95. The van der Waals surface area contributed by atoms with Gasteiger partial charge >= 0.3 is 0 Å². The van der Waals surface area contributed by atoms with E-state index in [1.54, 1.807) is 6.20 Å². The van der Waals surface area contributed by atoms with E-state index in [4.69, 9.17) is 11.8 Å². The summed E-state index contributed by atoms with van der Waals surface area (Å²) in [7, 11) is 0. The lowest BCUT2D eigenvalue weighted by atomic mass is 10.2. The number of rotatable bonds is 2. The van der Waals surface area contributed by atoms with Crippen molar-refractivity contribution in [3.63, 3.8) is 0 Å². The van der Waals surface area contributed by atoms with E-state index in [1.807, 2.05) is 18.3 Å². The summed E-state index contributed by atoms with van der Waals surface area (Å²) in [4.78, 5) is 4.14. The van der Waals surface area contributed by atoms with Crippen LogP contribution in [0.1, 0.15) is 41.5 Å². The van der Waals surface area contributed by atoms with E-state index in [2.05, 4.69) is 51.6 Å². The van der Waals surface area contributed by atoms with Gasteiger partial charge in [-0.15, -0.1) is 0 Å². The monoisotopic (exact) mass is 270 g/mol. The maximum atomic E-state index is 6.03. The molecule has 0 aliphatic carbocycles. The Morgan fingerprint density at radius 2 is 1.65 bits per heavy atom. The first-order chi connectivity index (χ1) is 7.58. The molecule has 1 heterocycles. The van der Waals surface area contributed by atoms with Crippen LogP contribution in [-0.2, 0) is 11.8 Å². The first-order valence-electron chi connectivity index (χ1n) is 5.86. The van der Waals surface area contributed by atoms with Gasteiger partial charge in [0.25, 0.3) is 0 Å². The van der Waals surface area contributed by atoms with Crippen LogP contribution in [-0.4, -0.2) is 15.3 Å². The maximum Gasteiger partial charge on any atom is 0.0564 e. The molecule has 1 rings (SSSR count). The topological polar surface area (TPSA) is 24.9 Å². The predicted molar refractivity (Wildman–Crippen MR) is 81.7 cm³/mol. The van der Waals surface area contributed by atoms with E-state index in [9.17, 15) is 0 Å². The highest BCUT2D eigenvalue weighted by Crippen LogP contribution is 2.66. The minimum atomic E-state index is -1.77. The molecule has 1 N–H and O–H groups in total. The van der Waals surface area contributed by atoms with Crippen molar-refractivity contribution in [1.29, 1.82) is 0 Å². The quantitative estimate of drug-likeness (QED) is 0.802. The molecule has 0 aliphatic heterocycles. The second-order valence-electron chi connectivity index (χ2n) is 6.30. The normalized spacial score (nSPS) is 13.5. The van der Waals surface area contributed by atoms with Crippen molar-refractivity contribution < 1.29 is 0 Å². The molecule has 0 radical (unpaired) electrons. The Balaban J connectivity index is 3.16. The van der Waals surface area contributed by atoms with Gasteiger partial charge in [0.2, 0.25) is 0 Å². The summed E-state index contributed by atoms with van der Waals surface area (Å²) in [6.45, 7) is 13.3. The molecule has 4 heteroatoms. The van der Waals surface area contributed by atoms with Crippen molar-refractivity contribution >= 4 is 23.7 Å². The highest BCUT2D eigenvalue weighted by Gasteiger charge is 2.41. The van der Waals surface area contributed by atoms with Gasteiger partial charge in [-0.3, -0.25) is 4.98 Å². The molecule has 17 heavy (non-hydrogen) atoms. The Morgan fingerprint density at radius 1 is 1.12 bits per heavy atom. The van der Waals surface area contributed by atoms with Crippen LogP contribution < -0.4 is 5.09 Å². The minimum absolute atomic E-state index is 0.0798. The van der Waals surface area contributed by atoms with Crippen molar-refractivity contribution in [2.45, 2.75) is 51.9 Å². The smallest absolute Gasteiger partial charge is 0.0564 e. The van der Waals surface area contributed by atoms with Gasteiger partial charge in [0.05, 0.1) is 11.9 Å². The Bertz CT molecular complexity index is 397. The van der Waals surface area contributed by atoms with Crippen molar-refractivity contribution in [3.05, 3.63) is 24.5 Å². The standard InChI is InChI=1S/C13H23N2PS/c1-12(2,3)16(17,13(4,5)6)15-11-8-7-9-14-10-11/h7-10H,1-6H3,(H,15,17). The average Bonchev–Trinajstić information content (AvgIpc) is 2.15. The zero-order valence-electron chi connectivity index (χ0n) is 11.6. The highest BCUT2D eigenvalue weighted by atomic mass is 32.4. The number of hydrogen-bond donors (Lipinski definition) is 1. The second-order valence-corrected chi connectivity index (χ2v) is 12.1. The number of hydrogen-bond acceptors (Lipinski definition) is 2. The predicted octanol–water partition coefficient (Wildman–Crippen LogP) is 4.49. The van der Waals surface area contributed by atoms with Crippen LogP contribution >= 0.6 is 6.19 Å². The second kappa shape index (κ2) is 4.70. The Morgan fingerprint density at radius 3 is 2.00 bits per heavy atom. The van der Waals surface area contributed by atoms with Gasteiger partial charge in [-0.05, 0) is 12.1 Å². The molecule has 96 valence electrons. The van der Waals surface area contributed by atoms with Crippen molar-refractivity contribution in [1.82, 2.24) is 4.98 Å². The fourth-order valence-corrected chi connectivity index (χ4v) is 5.45. The van der Waals surface area contributed by atoms with Crippen LogP contribution in [0, 0.1) is 0 Å². The summed E-state index contributed by atoms with van der Waals surface area (Å²) >= 11 is 6.03. The molecule has 0 bridgehead atoms. The molecule has 1 aromatic heterocycles. The first kappa shape index (κ1) is 14.7. The Kier molecular flexibility index (Phi) is 4.05. The Labute approximate surface area is 110 Å². The van der Waals surface area contributed by atoms with Gasteiger partial charge in [0.1, 0.15) is 0 Å². The molecule has 0 saturated heterocycles. The SMILES string of the molecule is CC(C)(C)P(=S)(Nc1cccnc1)C(C)(C)C. The highest BCUT2D eigenvalue weighted by molar-refractivity contribution is 8.16. The zero-order chi connectivity index (χ0) is 13.3. The molecular formula is C13H23N2PS. The van der Waals surface area contributed by atoms with Crippen LogP contribution in [0.4, 0.5) is 5.69 Å². The third-order valence-corrected chi connectivity index (χ3v) is 10.7. The minimum Gasteiger partial charge on any atom is -0.355 e. The van der Waals surface area contributed by atoms with Crippen LogP contribution in [0.3, 0.4) is 0 Å². The van der Waals surface area contributed by atoms with Gasteiger partial charge < -0.3 is 5.09 Å². The van der Waals surface area contributed by atoms with Gasteiger partial charge in [0.15, 0.2) is 0 Å². The molecule has 0 spiro atoms. The van der Waals surface area contributed by atoms with Gasteiger partial charge in [-0.2, -0.15) is 0 Å². The first-order valence-corrected chi connectivity index (χ1v) is 8.67. The van der Waals surface area contributed by atoms with Crippen molar-refractivity contribution in [3.8, 4) is 0 Å². The number of aromatic nitrogens is 1. The van der Waals surface area contributed by atoms with Crippen molar-refractivity contribution in [2.24, 2.45) is 0 Å². The molecule has 0 saturated carbocycles. The van der Waals surface area contributed by atoms with Crippen molar-refractivity contribution in [2.75, 3.05) is 5.09 Å². The summed E-state index contributed by atoms with van der Waals surface area (Å²) in [6.07, 6.45) is 1.86. The zero-order valence-corrected chi connectivity index (χ0v) is 13.3. The molecule has 0 unspecified atom stereocenters. The van der Waals surface area contributed by atoms with E-state index in [1.165, 1.54) is 0 Å². The molecule has 0 aromatic carbocycles. The van der Waals surface area contributed by atoms with Crippen LogP contribution in [0.25, 0.3) is 0 Å². The van der Waals surface area contributed by atoms with Gasteiger partial charge in [0, 0.05) is 22.7 Å². The lowest BCUT2D eigenvalue weighted by Crippen LogP contribution is -2.32. The van der Waals surface area contributed by atoms with E-state index in [0.717, 1.165) is 5.69 Å². The molecule has 0 fully saturated rings. The van der Waals surface area contributed by atoms with Crippen LogP contribution in [0.5, 0.6) is 0 Å². The third-order valence-electron chi connectivity index (χ3n) is 2.84. The van der Waals surface area contributed by atoms with E-state index in [-0.39, 0.29) is 10.3 Å². The van der Waals surface area contributed by atoms with E-state index < -0.39 is 6.19 Å².